The molecule has 0 saturated heterocycles. The van der Waals surface area contributed by atoms with Crippen molar-refractivity contribution in [3.05, 3.63) is 29.6 Å². The number of hydrogen-bond acceptors (Lipinski definition) is 3. The summed E-state index contributed by atoms with van der Waals surface area (Å²) in [5.41, 5.74) is 2.96. The Labute approximate surface area is 87.8 Å². The highest BCUT2D eigenvalue weighted by molar-refractivity contribution is 5.76. The van der Waals surface area contributed by atoms with E-state index in [1.807, 2.05) is 29.7 Å². The molecule has 0 bridgehead atoms. The van der Waals surface area contributed by atoms with Gasteiger partial charge < -0.3 is 14.8 Å². The normalized spacial score (nSPS) is 11.1. The Kier molecular flexibility index (Phi) is 2.70. The molecule has 0 aliphatic carbocycles. The minimum atomic E-state index is -0.103. The number of rotatable bonds is 3. The van der Waals surface area contributed by atoms with E-state index in [0.717, 1.165) is 16.6 Å². The van der Waals surface area contributed by atoms with Gasteiger partial charge in [0, 0.05) is 6.54 Å². The Balaban J connectivity index is 2.63. The minimum Gasteiger partial charge on any atom is -0.395 e. The van der Waals surface area contributed by atoms with Crippen LogP contribution in [0.4, 0.5) is 0 Å². The van der Waals surface area contributed by atoms with E-state index < -0.39 is 0 Å². The molecule has 0 saturated carbocycles. The zero-order valence-corrected chi connectivity index (χ0v) is 8.64. The molecule has 0 spiro atoms. The molecule has 0 unspecified atom stereocenters. The van der Waals surface area contributed by atoms with Gasteiger partial charge in [0.1, 0.15) is 12.4 Å². The van der Waals surface area contributed by atoms with Crippen LogP contribution in [0.25, 0.3) is 11.0 Å². The summed E-state index contributed by atoms with van der Waals surface area (Å²) >= 11 is 0. The molecule has 80 valence electrons. The van der Waals surface area contributed by atoms with E-state index in [2.05, 4.69) is 4.98 Å². The molecule has 1 aromatic carbocycles. The van der Waals surface area contributed by atoms with Crippen molar-refractivity contribution >= 4 is 11.0 Å². The molecule has 0 atom stereocenters. The maximum atomic E-state index is 9.15. The molecular formula is C11H14N2O2. The highest BCUT2D eigenvalue weighted by Gasteiger charge is 2.08. The fourth-order valence-corrected chi connectivity index (χ4v) is 1.76. The summed E-state index contributed by atoms with van der Waals surface area (Å²) in [7, 11) is 0. The molecule has 1 aromatic heterocycles. The Bertz CT molecular complexity index is 477. The van der Waals surface area contributed by atoms with Gasteiger partial charge >= 0.3 is 0 Å². The lowest BCUT2D eigenvalue weighted by molar-refractivity contribution is 0.248. The van der Waals surface area contributed by atoms with Gasteiger partial charge in [0.15, 0.2) is 0 Å². The van der Waals surface area contributed by atoms with Crippen LogP contribution in [0, 0.1) is 6.92 Å². The second-order valence-corrected chi connectivity index (χ2v) is 3.55. The van der Waals surface area contributed by atoms with Crippen molar-refractivity contribution in [1.82, 2.24) is 9.55 Å². The van der Waals surface area contributed by atoms with Gasteiger partial charge in [-0.3, -0.25) is 0 Å². The number of benzene rings is 1. The van der Waals surface area contributed by atoms with E-state index in [9.17, 15) is 0 Å². The van der Waals surface area contributed by atoms with E-state index in [0.29, 0.717) is 12.4 Å². The van der Waals surface area contributed by atoms with E-state index in [4.69, 9.17) is 10.2 Å². The van der Waals surface area contributed by atoms with Gasteiger partial charge in [-0.25, -0.2) is 4.98 Å². The second kappa shape index (κ2) is 4.00. The van der Waals surface area contributed by atoms with Crippen molar-refractivity contribution in [3.63, 3.8) is 0 Å². The van der Waals surface area contributed by atoms with Crippen molar-refractivity contribution in [2.24, 2.45) is 0 Å². The number of fused-ring (bicyclic) bond motifs is 1. The average Bonchev–Trinajstić information content (AvgIpc) is 2.56. The predicted octanol–water partition coefficient (Wildman–Crippen LogP) is 0.829. The number of aromatic nitrogens is 2. The lowest BCUT2D eigenvalue weighted by Crippen LogP contribution is -2.06. The molecule has 4 nitrogen and oxygen atoms in total. The van der Waals surface area contributed by atoms with Crippen LogP contribution in [0.1, 0.15) is 11.4 Å². The van der Waals surface area contributed by atoms with Crippen LogP contribution in [0.15, 0.2) is 18.2 Å². The lowest BCUT2D eigenvalue weighted by atomic mass is 10.2. The smallest absolute Gasteiger partial charge is 0.135 e. The second-order valence-electron chi connectivity index (χ2n) is 3.55. The number of nitrogens with zero attached hydrogens (tertiary/aromatic N) is 2. The topological polar surface area (TPSA) is 58.3 Å². The molecule has 1 heterocycles. The van der Waals surface area contributed by atoms with Gasteiger partial charge in [-0.15, -0.1) is 0 Å². The molecule has 2 aromatic rings. The Morgan fingerprint density at radius 2 is 2.13 bits per heavy atom. The van der Waals surface area contributed by atoms with E-state index in [1.54, 1.807) is 0 Å². The quantitative estimate of drug-likeness (QED) is 0.782. The number of aliphatic hydroxyl groups excluding tert-OH is 2. The number of aryl methyl sites for hydroxylation is 1. The lowest BCUT2D eigenvalue weighted by Gasteiger charge is -2.04. The first kappa shape index (κ1) is 10.1. The van der Waals surface area contributed by atoms with Crippen molar-refractivity contribution < 1.29 is 10.2 Å². The van der Waals surface area contributed by atoms with Crippen LogP contribution < -0.4 is 0 Å². The molecule has 0 aliphatic rings. The van der Waals surface area contributed by atoms with Crippen LogP contribution in [0.3, 0.4) is 0 Å². The third-order valence-corrected chi connectivity index (χ3v) is 2.45. The molecule has 2 rings (SSSR count). The highest BCUT2D eigenvalue weighted by atomic mass is 16.3. The van der Waals surface area contributed by atoms with Crippen molar-refractivity contribution in [3.8, 4) is 0 Å². The first-order chi connectivity index (χ1) is 7.26. The summed E-state index contributed by atoms with van der Waals surface area (Å²) in [4.78, 5) is 4.31. The average molecular weight is 206 g/mol. The number of hydrogen-bond donors (Lipinski definition) is 2. The summed E-state index contributed by atoms with van der Waals surface area (Å²) in [6, 6.07) is 5.94. The molecule has 0 fully saturated rings. The van der Waals surface area contributed by atoms with Crippen LogP contribution in [0.5, 0.6) is 0 Å². The maximum Gasteiger partial charge on any atom is 0.135 e. The van der Waals surface area contributed by atoms with Gasteiger partial charge in [-0.05, 0) is 24.6 Å². The summed E-state index contributed by atoms with van der Waals surface area (Å²) in [6.45, 7) is 2.42. The zero-order valence-electron chi connectivity index (χ0n) is 8.64. The Morgan fingerprint density at radius 3 is 2.80 bits per heavy atom. The summed E-state index contributed by atoms with van der Waals surface area (Å²) in [6.07, 6.45) is 0. The van der Waals surface area contributed by atoms with E-state index in [1.165, 1.54) is 0 Å². The Hall–Kier alpha value is -1.39. The fourth-order valence-electron chi connectivity index (χ4n) is 1.76. The van der Waals surface area contributed by atoms with Gasteiger partial charge in [-0.2, -0.15) is 0 Å². The Morgan fingerprint density at radius 1 is 1.33 bits per heavy atom. The van der Waals surface area contributed by atoms with Gasteiger partial charge in [-0.1, -0.05) is 6.07 Å². The predicted molar refractivity (Wildman–Crippen MR) is 57.5 cm³/mol. The van der Waals surface area contributed by atoms with Crippen LogP contribution in [-0.4, -0.2) is 26.4 Å². The molecule has 0 amide bonds. The fraction of sp³-hybridized carbons (Fsp3) is 0.364. The van der Waals surface area contributed by atoms with Crippen molar-refractivity contribution in [2.75, 3.05) is 6.61 Å². The summed E-state index contributed by atoms with van der Waals surface area (Å²) in [5, 5.41) is 18.1. The molecule has 0 aliphatic heterocycles. The van der Waals surface area contributed by atoms with Crippen LogP contribution >= 0.6 is 0 Å². The summed E-state index contributed by atoms with van der Waals surface area (Å²) in [5.74, 6) is 0.602. The van der Waals surface area contributed by atoms with Crippen molar-refractivity contribution in [2.45, 2.75) is 20.1 Å². The van der Waals surface area contributed by atoms with E-state index >= 15 is 0 Å². The monoisotopic (exact) mass is 206 g/mol. The first-order valence-corrected chi connectivity index (χ1v) is 4.93. The third kappa shape index (κ3) is 1.73. The first-order valence-electron chi connectivity index (χ1n) is 4.93. The van der Waals surface area contributed by atoms with Crippen molar-refractivity contribution in [1.29, 1.82) is 0 Å². The SMILES string of the molecule is Cc1ccc2c(c1)nc(CO)n2CCO. The van der Waals surface area contributed by atoms with Gasteiger partial charge in [0.2, 0.25) is 0 Å². The molecule has 4 heteroatoms. The zero-order chi connectivity index (χ0) is 10.8. The molecule has 2 N–H and O–H groups in total. The third-order valence-electron chi connectivity index (χ3n) is 2.45. The highest BCUT2D eigenvalue weighted by Crippen LogP contribution is 2.17. The van der Waals surface area contributed by atoms with Crippen LogP contribution in [-0.2, 0) is 13.2 Å². The van der Waals surface area contributed by atoms with Crippen LogP contribution in [0.2, 0.25) is 0 Å². The number of imidazole rings is 1. The number of aliphatic hydroxyl groups is 2. The van der Waals surface area contributed by atoms with E-state index in [-0.39, 0.29) is 13.2 Å². The molecule has 0 radical (unpaired) electrons. The maximum absolute atomic E-state index is 9.15. The largest absolute Gasteiger partial charge is 0.395 e. The standard InChI is InChI=1S/C11H14N2O2/c1-8-2-3-10-9(6-8)12-11(7-15)13(10)4-5-14/h2-3,6,14-15H,4-5,7H2,1H3. The van der Waals surface area contributed by atoms with Gasteiger partial charge in [0.25, 0.3) is 0 Å². The molecular weight excluding hydrogens is 192 g/mol. The molecule has 15 heavy (non-hydrogen) atoms. The van der Waals surface area contributed by atoms with Gasteiger partial charge in [0.05, 0.1) is 17.6 Å². The minimum absolute atomic E-state index is 0.0480. The summed E-state index contributed by atoms with van der Waals surface area (Å²) < 4.78 is 1.84.